The third-order valence-electron chi connectivity index (χ3n) is 4.94. The van der Waals surface area contributed by atoms with Crippen LogP contribution in [0.5, 0.6) is 0 Å². The lowest BCUT2D eigenvalue weighted by molar-refractivity contribution is -0.144. The van der Waals surface area contributed by atoms with E-state index in [-0.39, 0.29) is 25.4 Å². The largest absolute Gasteiger partial charge is 0.481 e. The van der Waals surface area contributed by atoms with Gasteiger partial charge in [-0.3, -0.25) is 9.59 Å². The number of sulfonamides is 1. The summed E-state index contributed by atoms with van der Waals surface area (Å²) in [5, 5.41) is 12.1. The van der Waals surface area contributed by atoms with Crippen molar-refractivity contribution < 1.29 is 23.1 Å². The Balaban J connectivity index is 1.77. The van der Waals surface area contributed by atoms with Crippen LogP contribution in [0.2, 0.25) is 0 Å². The molecular formula is C15H20N2O5S2. The van der Waals surface area contributed by atoms with Crippen molar-refractivity contribution in [3.63, 3.8) is 0 Å². The summed E-state index contributed by atoms with van der Waals surface area (Å²) >= 11 is 1.27. The van der Waals surface area contributed by atoms with Crippen LogP contribution in [0.4, 0.5) is 0 Å². The first-order valence-corrected chi connectivity index (χ1v) is 10.2. The minimum Gasteiger partial charge on any atom is -0.481 e. The molecule has 9 heteroatoms. The van der Waals surface area contributed by atoms with Crippen LogP contribution in [-0.2, 0) is 26.0 Å². The van der Waals surface area contributed by atoms with Crippen LogP contribution in [0.25, 0.3) is 0 Å². The van der Waals surface area contributed by atoms with Crippen LogP contribution in [-0.4, -0.2) is 48.3 Å². The third kappa shape index (κ3) is 2.84. The van der Waals surface area contributed by atoms with Crippen molar-refractivity contribution in [2.75, 3.05) is 13.1 Å². The molecule has 7 nitrogen and oxygen atoms in total. The number of carbonyl (C=O) groups is 2. The van der Waals surface area contributed by atoms with Crippen molar-refractivity contribution in [1.82, 2.24) is 9.62 Å². The van der Waals surface area contributed by atoms with Gasteiger partial charge in [-0.2, -0.15) is 4.31 Å². The highest BCUT2D eigenvalue weighted by molar-refractivity contribution is 7.91. The van der Waals surface area contributed by atoms with Gasteiger partial charge in [-0.05, 0) is 31.4 Å². The van der Waals surface area contributed by atoms with Crippen LogP contribution >= 0.6 is 11.3 Å². The molecular weight excluding hydrogens is 352 g/mol. The second kappa shape index (κ2) is 6.12. The number of carboxylic acids is 1. The topological polar surface area (TPSA) is 104 Å². The molecule has 2 saturated heterocycles. The second-order valence-corrected chi connectivity index (χ2v) is 9.61. The van der Waals surface area contributed by atoms with Crippen molar-refractivity contribution >= 4 is 33.2 Å². The first-order valence-electron chi connectivity index (χ1n) is 7.91. The molecule has 0 saturated carbocycles. The molecule has 0 unspecified atom stereocenters. The van der Waals surface area contributed by atoms with Gasteiger partial charge < -0.3 is 10.4 Å². The first kappa shape index (κ1) is 17.4. The van der Waals surface area contributed by atoms with Crippen LogP contribution in [0.15, 0.2) is 16.3 Å². The Hall–Kier alpha value is -1.45. The molecule has 2 fully saturated rings. The Labute approximate surface area is 144 Å². The number of aryl methyl sites for hydroxylation is 1. The molecule has 0 radical (unpaired) electrons. The quantitative estimate of drug-likeness (QED) is 0.822. The molecule has 1 amide bonds. The summed E-state index contributed by atoms with van der Waals surface area (Å²) in [7, 11) is -3.56. The molecule has 2 N–H and O–H groups in total. The fraction of sp³-hybridized carbons (Fsp3) is 0.600. The fourth-order valence-electron chi connectivity index (χ4n) is 3.53. The second-order valence-electron chi connectivity index (χ2n) is 6.28. The summed E-state index contributed by atoms with van der Waals surface area (Å²) in [6.07, 6.45) is 1.39. The number of nitrogens with one attached hydrogen (secondary N) is 1. The molecule has 1 atom stereocenters. The van der Waals surface area contributed by atoms with E-state index in [0.717, 1.165) is 11.3 Å². The Morgan fingerprint density at radius 2 is 2.08 bits per heavy atom. The molecule has 2 aliphatic rings. The van der Waals surface area contributed by atoms with E-state index in [0.29, 0.717) is 17.1 Å². The number of nitrogens with zero attached hydrogens (tertiary/aromatic N) is 1. The van der Waals surface area contributed by atoms with Crippen LogP contribution in [0.1, 0.15) is 31.1 Å². The number of amides is 1. The predicted molar refractivity (Wildman–Crippen MR) is 88.3 cm³/mol. The van der Waals surface area contributed by atoms with Gasteiger partial charge in [-0.15, -0.1) is 11.3 Å². The number of piperidine rings is 1. The highest BCUT2D eigenvalue weighted by Gasteiger charge is 2.52. The van der Waals surface area contributed by atoms with Gasteiger partial charge in [0.05, 0.1) is 11.5 Å². The summed E-state index contributed by atoms with van der Waals surface area (Å²) in [6.45, 7) is 2.40. The van der Waals surface area contributed by atoms with Gasteiger partial charge in [0.15, 0.2) is 0 Å². The highest BCUT2D eigenvalue weighted by atomic mass is 32.2. The Morgan fingerprint density at radius 3 is 2.62 bits per heavy atom. The first-order chi connectivity index (χ1) is 11.3. The Morgan fingerprint density at radius 1 is 1.42 bits per heavy atom. The third-order valence-corrected chi connectivity index (χ3v) is 8.53. The van der Waals surface area contributed by atoms with E-state index in [2.05, 4.69) is 5.32 Å². The molecule has 0 bridgehead atoms. The van der Waals surface area contributed by atoms with Gasteiger partial charge in [0, 0.05) is 24.4 Å². The molecule has 3 heterocycles. The number of carboxylic acid groups (broad SMARTS) is 1. The van der Waals surface area contributed by atoms with Crippen molar-refractivity contribution in [2.45, 2.75) is 42.4 Å². The van der Waals surface area contributed by atoms with Gasteiger partial charge in [-0.25, -0.2) is 8.42 Å². The molecule has 24 heavy (non-hydrogen) atoms. The van der Waals surface area contributed by atoms with E-state index in [1.165, 1.54) is 15.6 Å². The maximum absolute atomic E-state index is 12.7. The summed E-state index contributed by atoms with van der Waals surface area (Å²) in [5.74, 6) is -2.07. The zero-order chi connectivity index (χ0) is 17.5. The summed E-state index contributed by atoms with van der Waals surface area (Å²) in [5.41, 5.74) is -0.820. The fourth-order valence-corrected chi connectivity index (χ4v) is 6.42. The van der Waals surface area contributed by atoms with E-state index in [1.54, 1.807) is 6.07 Å². The van der Waals surface area contributed by atoms with Gasteiger partial charge in [-0.1, -0.05) is 6.92 Å². The standard InChI is InChI=1S/C15H20N2O5S2/c1-2-10-3-4-13(23-10)24(21,22)17-7-5-15(6-8-17)11(14(19)20)9-12(18)16-15/h3-4,11H,2,5-9H2,1H3,(H,16,18)(H,19,20)/t11-/m1/s1. The SMILES string of the molecule is CCc1ccc(S(=O)(=O)N2CCC3(CC2)NC(=O)C[C@@H]3C(=O)O)s1. The zero-order valence-electron chi connectivity index (χ0n) is 13.3. The lowest BCUT2D eigenvalue weighted by Crippen LogP contribution is -2.56. The van der Waals surface area contributed by atoms with Crippen molar-refractivity contribution in [3.8, 4) is 0 Å². The smallest absolute Gasteiger partial charge is 0.309 e. The lowest BCUT2D eigenvalue weighted by atomic mass is 9.78. The average Bonchev–Trinajstić information content (AvgIpc) is 3.13. The van der Waals surface area contributed by atoms with Crippen LogP contribution in [0, 0.1) is 5.92 Å². The number of carbonyl (C=O) groups excluding carboxylic acids is 1. The average molecular weight is 372 g/mol. The molecule has 1 aromatic heterocycles. The number of rotatable bonds is 4. The van der Waals surface area contributed by atoms with E-state index in [9.17, 15) is 23.1 Å². The van der Waals surface area contributed by atoms with E-state index >= 15 is 0 Å². The van der Waals surface area contributed by atoms with E-state index in [4.69, 9.17) is 0 Å². The van der Waals surface area contributed by atoms with Crippen LogP contribution in [0.3, 0.4) is 0 Å². The molecule has 132 valence electrons. The molecule has 0 aromatic carbocycles. The number of aliphatic carboxylic acids is 1. The normalized spacial score (nSPS) is 24.2. The lowest BCUT2D eigenvalue weighted by Gasteiger charge is -2.40. The summed E-state index contributed by atoms with van der Waals surface area (Å²) in [6, 6.07) is 3.45. The predicted octanol–water partition coefficient (Wildman–Crippen LogP) is 1.05. The number of hydrogen-bond donors (Lipinski definition) is 2. The highest BCUT2D eigenvalue weighted by Crippen LogP contribution is 2.38. The molecule has 1 aromatic rings. The zero-order valence-corrected chi connectivity index (χ0v) is 15.0. The minimum atomic E-state index is -3.56. The Bertz CT molecular complexity index is 763. The molecule has 0 aliphatic carbocycles. The van der Waals surface area contributed by atoms with E-state index in [1.807, 2.05) is 13.0 Å². The summed E-state index contributed by atoms with van der Waals surface area (Å²) < 4.78 is 27.2. The number of thiophene rings is 1. The van der Waals surface area contributed by atoms with Gasteiger partial charge in [0.25, 0.3) is 10.0 Å². The van der Waals surface area contributed by atoms with E-state index < -0.39 is 27.4 Å². The molecule has 1 spiro atoms. The maximum atomic E-state index is 12.7. The van der Waals surface area contributed by atoms with Crippen LogP contribution < -0.4 is 5.32 Å². The minimum absolute atomic E-state index is 0.0349. The van der Waals surface area contributed by atoms with Crippen molar-refractivity contribution in [2.24, 2.45) is 5.92 Å². The van der Waals surface area contributed by atoms with Crippen molar-refractivity contribution in [1.29, 1.82) is 0 Å². The molecule has 2 aliphatic heterocycles. The van der Waals surface area contributed by atoms with Gasteiger partial charge >= 0.3 is 5.97 Å². The van der Waals surface area contributed by atoms with Gasteiger partial charge in [0.2, 0.25) is 5.91 Å². The Kier molecular flexibility index (Phi) is 4.43. The maximum Gasteiger partial charge on any atom is 0.309 e. The monoisotopic (exact) mass is 372 g/mol. The van der Waals surface area contributed by atoms with Crippen molar-refractivity contribution in [3.05, 3.63) is 17.0 Å². The summed E-state index contributed by atoms with van der Waals surface area (Å²) in [4.78, 5) is 24.1. The molecule has 3 rings (SSSR count). The van der Waals surface area contributed by atoms with Gasteiger partial charge in [0.1, 0.15) is 4.21 Å². The number of hydrogen-bond acceptors (Lipinski definition) is 5.